The predicted molar refractivity (Wildman–Crippen MR) is 80.4 cm³/mol. The largest absolute Gasteiger partial charge is 0.508 e. The first kappa shape index (κ1) is 16.0. The van der Waals surface area contributed by atoms with Gasteiger partial charge in [-0.3, -0.25) is 0 Å². The number of carboxylic acids is 2. The van der Waals surface area contributed by atoms with Crippen LogP contribution >= 0.6 is 0 Å². The quantitative estimate of drug-likeness (QED) is 0.360. The van der Waals surface area contributed by atoms with Crippen LogP contribution in [-0.2, 0) is 0 Å². The standard InChI is InChI=1S/C15H12N2O6/c16-8-1-3-10(18)6(12(8)14(20)21)5-7-11(19)4-2-9(17)13(7)15(22)23/h1-4,18-19H,16-17H2,(H,20,21)(H,22,23). The summed E-state index contributed by atoms with van der Waals surface area (Å²) in [6.07, 6.45) is 2.40. The highest BCUT2D eigenvalue weighted by atomic mass is 16.4. The van der Waals surface area contributed by atoms with E-state index in [1.165, 1.54) is 12.1 Å². The van der Waals surface area contributed by atoms with Crippen LogP contribution in [0.5, 0.6) is 11.5 Å². The molecular formula is C15H12N2O6. The third-order valence-corrected chi connectivity index (χ3v) is 3.11. The van der Waals surface area contributed by atoms with Gasteiger partial charge in [0.1, 0.15) is 11.5 Å². The van der Waals surface area contributed by atoms with Gasteiger partial charge in [-0.15, -0.1) is 0 Å². The van der Waals surface area contributed by atoms with Gasteiger partial charge in [0.2, 0.25) is 0 Å². The second-order valence-electron chi connectivity index (χ2n) is 4.58. The van der Waals surface area contributed by atoms with Gasteiger partial charge < -0.3 is 31.9 Å². The Labute approximate surface area is 130 Å². The monoisotopic (exact) mass is 316 g/mol. The number of nitrogens with two attached hydrogens (primary N) is 2. The van der Waals surface area contributed by atoms with Crippen molar-refractivity contribution in [2.24, 2.45) is 0 Å². The van der Waals surface area contributed by atoms with E-state index in [0.717, 1.165) is 12.1 Å². The third-order valence-electron chi connectivity index (χ3n) is 3.11. The second kappa shape index (κ2) is 5.76. The fraction of sp³-hybridized carbons (Fsp3) is 0. The normalized spacial score (nSPS) is 10.4. The number of anilines is 2. The zero-order valence-electron chi connectivity index (χ0n) is 11.6. The third kappa shape index (κ3) is 2.82. The Bertz CT molecular complexity index is 749. The van der Waals surface area contributed by atoms with Crippen LogP contribution in [0.3, 0.4) is 0 Å². The molecule has 0 aliphatic heterocycles. The molecule has 0 aliphatic carbocycles. The number of rotatable bonds is 4. The maximum absolute atomic E-state index is 11.3. The minimum absolute atomic E-state index is 0.155. The molecule has 0 heterocycles. The van der Waals surface area contributed by atoms with E-state index >= 15 is 0 Å². The van der Waals surface area contributed by atoms with Gasteiger partial charge in [-0.1, -0.05) is 0 Å². The molecule has 2 aromatic carbocycles. The molecule has 0 atom stereocenters. The molecule has 2 radical (unpaired) electrons. The average molecular weight is 316 g/mol. The summed E-state index contributed by atoms with van der Waals surface area (Å²) in [4.78, 5) is 22.6. The first-order valence-electron chi connectivity index (χ1n) is 6.20. The van der Waals surface area contributed by atoms with Crippen molar-refractivity contribution in [2.45, 2.75) is 0 Å². The van der Waals surface area contributed by atoms with Crippen LogP contribution in [0.4, 0.5) is 11.4 Å². The van der Waals surface area contributed by atoms with Crippen molar-refractivity contribution in [3.63, 3.8) is 0 Å². The Morgan fingerprint density at radius 2 is 1.13 bits per heavy atom. The Kier molecular flexibility index (Phi) is 4.00. The molecule has 2 rings (SSSR count). The molecule has 8 N–H and O–H groups in total. The molecule has 8 heteroatoms. The van der Waals surface area contributed by atoms with Crippen molar-refractivity contribution in [1.29, 1.82) is 0 Å². The van der Waals surface area contributed by atoms with Crippen LogP contribution in [0.25, 0.3) is 0 Å². The Morgan fingerprint density at radius 3 is 1.43 bits per heavy atom. The number of nitrogen functional groups attached to an aromatic ring is 2. The summed E-state index contributed by atoms with van der Waals surface area (Å²) in [6.45, 7) is 0. The van der Waals surface area contributed by atoms with Crippen LogP contribution in [0.15, 0.2) is 24.3 Å². The molecule has 0 fully saturated rings. The maximum Gasteiger partial charge on any atom is 0.338 e. The van der Waals surface area contributed by atoms with Crippen LogP contribution in [0, 0.1) is 6.42 Å². The van der Waals surface area contributed by atoms with Gasteiger partial charge >= 0.3 is 11.9 Å². The van der Waals surface area contributed by atoms with Crippen molar-refractivity contribution < 1.29 is 30.0 Å². The molecule has 0 amide bonds. The summed E-state index contributed by atoms with van der Waals surface area (Å²) < 4.78 is 0. The highest BCUT2D eigenvalue weighted by Crippen LogP contribution is 2.35. The summed E-state index contributed by atoms with van der Waals surface area (Å²) >= 11 is 0. The lowest BCUT2D eigenvalue weighted by Gasteiger charge is -2.14. The summed E-state index contributed by atoms with van der Waals surface area (Å²) in [5.41, 5.74) is 9.18. The number of aromatic hydroxyl groups is 2. The van der Waals surface area contributed by atoms with E-state index in [2.05, 4.69) is 6.42 Å². The maximum atomic E-state index is 11.3. The van der Waals surface area contributed by atoms with E-state index in [4.69, 9.17) is 11.5 Å². The molecule has 0 spiro atoms. The Balaban J connectivity index is 2.70. The molecule has 0 bridgehead atoms. The molecule has 118 valence electrons. The fourth-order valence-electron chi connectivity index (χ4n) is 2.05. The van der Waals surface area contributed by atoms with E-state index in [-0.39, 0.29) is 22.5 Å². The molecule has 0 aromatic heterocycles. The van der Waals surface area contributed by atoms with Crippen LogP contribution in [-0.4, -0.2) is 32.4 Å². The smallest absolute Gasteiger partial charge is 0.338 e. The van der Waals surface area contributed by atoms with Gasteiger partial charge in [0, 0.05) is 22.5 Å². The number of aromatic carboxylic acids is 2. The first-order chi connectivity index (χ1) is 10.7. The predicted octanol–water partition coefficient (Wildman–Crippen LogP) is 1.14. The summed E-state index contributed by atoms with van der Waals surface area (Å²) in [5, 5.41) is 38.2. The summed E-state index contributed by atoms with van der Waals surface area (Å²) in [5.74, 6) is -3.87. The number of benzene rings is 2. The molecule has 8 nitrogen and oxygen atoms in total. The second-order valence-corrected chi connectivity index (χ2v) is 4.58. The number of carboxylic acid groups (broad SMARTS) is 2. The van der Waals surface area contributed by atoms with Crippen molar-refractivity contribution in [3.8, 4) is 11.5 Å². The highest BCUT2D eigenvalue weighted by Gasteiger charge is 2.24. The molecule has 2 aromatic rings. The zero-order chi connectivity index (χ0) is 17.3. The van der Waals surface area contributed by atoms with Gasteiger partial charge in [-0.05, 0) is 24.3 Å². The number of hydrogen-bond acceptors (Lipinski definition) is 6. The van der Waals surface area contributed by atoms with E-state index in [1.54, 1.807) is 0 Å². The van der Waals surface area contributed by atoms with E-state index in [1.807, 2.05) is 0 Å². The highest BCUT2D eigenvalue weighted by molar-refractivity contribution is 5.99. The topological polar surface area (TPSA) is 167 Å². The molecule has 0 aliphatic rings. The lowest BCUT2D eigenvalue weighted by molar-refractivity contribution is 0.0687. The van der Waals surface area contributed by atoms with E-state index in [0.29, 0.717) is 0 Å². The van der Waals surface area contributed by atoms with Crippen LogP contribution in [0.2, 0.25) is 0 Å². The molecule has 23 heavy (non-hydrogen) atoms. The van der Waals surface area contributed by atoms with E-state index < -0.39 is 34.6 Å². The van der Waals surface area contributed by atoms with Gasteiger partial charge in [-0.25, -0.2) is 9.59 Å². The minimum atomic E-state index is -1.44. The average Bonchev–Trinajstić information content (AvgIpc) is 2.45. The van der Waals surface area contributed by atoms with Gasteiger partial charge in [0.05, 0.1) is 17.5 Å². The Hall–Kier alpha value is -3.42. The SMILES string of the molecule is Nc1ccc(O)c([C]c2c(O)ccc(N)c2C(=O)O)c1C(=O)O. The zero-order valence-corrected chi connectivity index (χ0v) is 11.6. The lowest BCUT2D eigenvalue weighted by atomic mass is 9.93. The van der Waals surface area contributed by atoms with E-state index in [9.17, 15) is 30.0 Å². The van der Waals surface area contributed by atoms with Crippen LogP contribution in [0.1, 0.15) is 31.8 Å². The molecule has 0 unspecified atom stereocenters. The van der Waals surface area contributed by atoms with Crippen molar-refractivity contribution in [3.05, 3.63) is 52.9 Å². The summed E-state index contributed by atoms with van der Waals surface area (Å²) in [6, 6.07) is 4.63. The van der Waals surface area contributed by atoms with Gasteiger partial charge in [0.25, 0.3) is 0 Å². The summed E-state index contributed by atoms with van der Waals surface area (Å²) in [7, 11) is 0. The molecule has 0 saturated carbocycles. The Morgan fingerprint density at radius 1 is 0.783 bits per heavy atom. The lowest BCUT2D eigenvalue weighted by Crippen LogP contribution is -2.10. The minimum Gasteiger partial charge on any atom is -0.508 e. The van der Waals surface area contributed by atoms with Gasteiger partial charge in [0.15, 0.2) is 0 Å². The van der Waals surface area contributed by atoms with Crippen molar-refractivity contribution in [1.82, 2.24) is 0 Å². The molecular weight excluding hydrogens is 304 g/mol. The van der Waals surface area contributed by atoms with Crippen molar-refractivity contribution in [2.75, 3.05) is 11.5 Å². The van der Waals surface area contributed by atoms with Gasteiger partial charge in [-0.2, -0.15) is 0 Å². The van der Waals surface area contributed by atoms with Crippen LogP contribution < -0.4 is 11.5 Å². The fourth-order valence-corrected chi connectivity index (χ4v) is 2.05. The molecule has 0 saturated heterocycles. The number of carbonyl (C=O) groups is 2. The van der Waals surface area contributed by atoms with Crippen molar-refractivity contribution >= 4 is 23.3 Å². The number of phenolic OH excluding ortho intramolecular Hbond substituents is 2. The number of hydrogen-bond donors (Lipinski definition) is 6. The number of phenols is 2. The first-order valence-corrected chi connectivity index (χ1v) is 6.20.